The normalized spacial score (nSPS) is 16.8. The van der Waals surface area contributed by atoms with Gasteiger partial charge < -0.3 is 11.1 Å². The number of benzene rings is 1. The Balaban J connectivity index is 0.00000156. The lowest BCUT2D eigenvalue weighted by molar-refractivity contribution is -0.123. The first-order chi connectivity index (χ1) is 11.1. The largest absolute Gasteiger partial charge is 0.344 e. The Morgan fingerprint density at radius 2 is 2.04 bits per heavy atom. The zero-order valence-corrected chi connectivity index (χ0v) is 16.1. The molecule has 0 bridgehead atoms. The van der Waals surface area contributed by atoms with Crippen LogP contribution in [0, 0.1) is 6.92 Å². The summed E-state index contributed by atoms with van der Waals surface area (Å²) in [4.78, 5) is 17.0. The molecule has 0 aliphatic carbocycles. The summed E-state index contributed by atoms with van der Waals surface area (Å²) in [7, 11) is 0. The van der Waals surface area contributed by atoms with Crippen molar-refractivity contribution in [1.82, 2.24) is 20.1 Å². The maximum atomic E-state index is 12.5. The van der Waals surface area contributed by atoms with Crippen molar-refractivity contribution in [3.05, 3.63) is 47.0 Å². The summed E-state index contributed by atoms with van der Waals surface area (Å²) in [5, 5.41) is 7.50. The van der Waals surface area contributed by atoms with Crippen molar-refractivity contribution >= 4 is 30.7 Å². The molecule has 1 aromatic heterocycles. The van der Waals surface area contributed by atoms with Crippen LogP contribution in [0.5, 0.6) is 0 Å². The molecule has 0 radical (unpaired) electrons. The van der Waals surface area contributed by atoms with Crippen LogP contribution in [0.1, 0.15) is 54.6 Å². The zero-order valence-electron chi connectivity index (χ0n) is 14.4. The molecule has 138 valence electrons. The number of carbonyl (C=O) groups is 1. The average Bonchev–Trinajstić information content (AvgIpc) is 2.99. The molecule has 8 heteroatoms. The van der Waals surface area contributed by atoms with Crippen LogP contribution < -0.4 is 11.1 Å². The fourth-order valence-corrected chi connectivity index (χ4v) is 2.87. The van der Waals surface area contributed by atoms with Crippen molar-refractivity contribution < 1.29 is 4.79 Å². The monoisotopic (exact) mass is 385 g/mol. The fourth-order valence-electron chi connectivity index (χ4n) is 2.87. The van der Waals surface area contributed by atoms with Crippen molar-refractivity contribution in [2.24, 2.45) is 5.73 Å². The Morgan fingerprint density at radius 3 is 2.68 bits per heavy atom. The Kier molecular flexibility index (Phi) is 7.86. The molecule has 0 spiro atoms. The average molecular weight is 386 g/mol. The molecule has 6 nitrogen and oxygen atoms in total. The number of hydrogen-bond donors (Lipinski definition) is 2. The van der Waals surface area contributed by atoms with E-state index in [4.69, 9.17) is 5.73 Å². The van der Waals surface area contributed by atoms with Gasteiger partial charge >= 0.3 is 0 Å². The van der Waals surface area contributed by atoms with Gasteiger partial charge in [-0.15, -0.1) is 24.8 Å². The summed E-state index contributed by atoms with van der Waals surface area (Å²) in [5.74, 6) is 1.50. The number of hydrogen-bond acceptors (Lipinski definition) is 4. The van der Waals surface area contributed by atoms with Crippen LogP contribution >= 0.6 is 24.8 Å². The Hall–Kier alpha value is -1.63. The molecule has 1 amide bonds. The molecule has 2 aromatic rings. The number of carbonyl (C=O) groups excluding carboxylic acids is 1. The number of fused-ring (bicyclic) bond motifs is 1. The SMILES string of the molecule is CCc1nc2n(n1)CCCC2NC(=O)C(N)c1ccc(C)cc1.Cl.Cl. The minimum Gasteiger partial charge on any atom is -0.344 e. The van der Waals surface area contributed by atoms with E-state index in [-0.39, 0.29) is 36.8 Å². The zero-order chi connectivity index (χ0) is 16.4. The molecule has 1 aliphatic heterocycles. The first kappa shape index (κ1) is 21.4. The van der Waals surface area contributed by atoms with E-state index in [1.165, 1.54) is 0 Å². The first-order valence-electron chi connectivity index (χ1n) is 8.14. The molecule has 0 saturated heterocycles. The number of halogens is 2. The molecule has 2 heterocycles. The molecular weight excluding hydrogens is 361 g/mol. The maximum Gasteiger partial charge on any atom is 0.242 e. The summed E-state index contributed by atoms with van der Waals surface area (Å²) < 4.78 is 1.91. The lowest BCUT2D eigenvalue weighted by atomic mass is 10.0. The maximum absolute atomic E-state index is 12.5. The van der Waals surface area contributed by atoms with Gasteiger partial charge in [0.2, 0.25) is 5.91 Å². The van der Waals surface area contributed by atoms with Crippen LogP contribution in [0.15, 0.2) is 24.3 Å². The second-order valence-electron chi connectivity index (χ2n) is 6.05. The van der Waals surface area contributed by atoms with Crippen LogP contribution in [0.2, 0.25) is 0 Å². The number of nitrogens with zero attached hydrogens (tertiary/aromatic N) is 3. The van der Waals surface area contributed by atoms with E-state index in [1.54, 1.807) is 0 Å². The predicted octanol–water partition coefficient (Wildman–Crippen LogP) is 2.64. The van der Waals surface area contributed by atoms with E-state index in [2.05, 4.69) is 15.4 Å². The van der Waals surface area contributed by atoms with Gasteiger partial charge in [0, 0.05) is 13.0 Å². The van der Waals surface area contributed by atoms with Gasteiger partial charge in [-0.3, -0.25) is 4.79 Å². The molecule has 0 fully saturated rings. The molecule has 1 aromatic carbocycles. The topological polar surface area (TPSA) is 85.8 Å². The van der Waals surface area contributed by atoms with Gasteiger partial charge in [-0.2, -0.15) is 5.10 Å². The van der Waals surface area contributed by atoms with E-state index in [9.17, 15) is 4.79 Å². The first-order valence-corrected chi connectivity index (χ1v) is 8.14. The number of amides is 1. The van der Waals surface area contributed by atoms with Crippen molar-refractivity contribution in [3.8, 4) is 0 Å². The molecular formula is C17H25Cl2N5O. The number of aromatic nitrogens is 3. The van der Waals surface area contributed by atoms with Gasteiger partial charge in [0.25, 0.3) is 0 Å². The summed E-state index contributed by atoms with van der Waals surface area (Å²) in [6.45, 7) is 4.90. The fraction of sp³-hybridized carbons (Fsp3) is 0.471. The minimum atomic E-state index is -0.667. The van der Waals surface area contributed by atoms with Crippen LogP contribution in [-0.4, -0.2) is 20.7 Å². The number of aryl methyl sites for hydroxylation is 3. The molecule has 25 heavy (non-hydrogen) atoms. The molecule has 3 N–H and O–H groups in total. The lowest BCUT2D eigenvalue weighted by Gasteiger charge is -2.24. The summed E-state index contributed by atoms with van der Waals surface area (Å²) in [6.07, 6.45) is 2.64. The van der Waals surface area contributed by atoms with E-state index in [0.717, 1.165) is 48.6 Å². The summed E-state index contributed by atoms with van der Waals surface area (Å²) in [6, 6.07) is 6.96. The second-order valence-corrected chi connectivity index (χ2v) is 6.05. The lowest BCUT2D eigenvalue weighted by Crippen LogP contribution is -2.39. The molecule has 0 saturated carbocycles. The van der Waals surface area contributed by atoms with E-state index in [0.29, 0.717) is 0 Å². The summed E-state index contributed by atoms with van der Waals surface area (Å²) >= 11 is 0. The Bertz CT molecular complexity index is 702. The van der Waals surface area contributed by atoms with Gasteiger partial charge in [-0.1, -0.05) is 36.8 Å². The van der Waals surface area contributed by atoms with Gasteiger partial charge in [0.15, 0.2) is 5.82 Å². The van der Waals surface area contributed by atoms with Crippen molar-refractivity contribution in [2.45, 2.75) is 51.7 Å². The number of rotatable bonds is 4. The highest BCUT2D eigenvalue weighted by Crippen LogP contribution is 2.24. The Labute approximate surface area is 160 Å². The van der Waals surface area contributed by atoms with Crippen molar-refractivity contribution in [1.29, 1.82) is 0 Å². The highest BCUT2D eigenvalue weighted by atomic mass is 35.5. The number of nitrogens with two attached hydrogens (primary N) is 1. The van der Waals surface area contributed by atoms with Crippen molar-refractivity contribution in [3.63, 3.8) is 0 Å². The second kappa shape index (κ2) is 9.17. The van der Waals surface area contributed by atoms with Crippen LogP contribution in [0.3, 0.4) is 0 Å². The third-order valence-electron chi connectivity index (χ3n) is 4.27. The molecule has 3 rings (SSSR count). The van der Waals surface area contributed by atoms with Crippen LogP contribution in [0.4, 0.5) is 0 Å². The molecule has 1 aliphatic rings. The van der Waals surface area contributed by atoms with Gasteiger partial charge in [0.1, 0.15) is 11.9 Å². The molecule has 2 unspecified atom stereocenters. The van der Waals surface area contributed by atoms with Crippen molar-refractivity contribution in [2.75, 3.05) is 0 Å². The van der Waals surface area contributed by atoms with Crippen LogP contribution in [0.25, 0.3) is 0 Å². The Morgan fingerprint density at radius 1 is 1.36 bits per heavy atom. The highest BCUT2D eigenvalue weighted by molar-refractivity contribution is 5.85. The quantitative estimate of drug-likeness (QED) is 0.846. The third kappa shape index (κ3) is 4.71. The predicted molar refractivity (Wildman–Crippen MR) is 102 cm³/mol. The van der Waals surface area contributed by atoms with Crippen LogP contribution in [-0.2, 0) is 17.8 Å². The van der Waals surface area contributed by atoms with E-state index >= 15 is 0 Å². The standard InChI is InChI=1S/C17H23N5O.2ClH/c1-3-14-20-16-13(5-4-10-22(16)21-14)19-17(23)15(18)12-8-6-11(2)7-9-12;;/h6-9,13,15H,3-5,10,18H2,1-2H3,(H,19,23);2*1H. The summed E-state index contributed by atoms with van der Waals surface area (Å²) in [5.41, 5.74) is 8.07. The van der Waals surface area contributed by atoms with Gasteiger partial charge in [0.05, 0.1) is 6.04 Å². The minimum absolute atomic E-state index is 0. The van der Waals surface area contributed by atoms with Gasteiger partial charge in [-0.25, -0.2) is 9.67 Å². The highest BCUT2D eigenvalue weighted by Gasteiger charge is 2.27. The number of nitrogens with one attached hydrogen (secondary N) is 1. The molecule has 2 atom stereocenters. The van der Waals surface area contributed by atoms with E-state index in [1.807, 2.05) is 42.8 Å². The smallest absolute Gasteiger partial charge is 0.242 e. The third-order valence-corrected chi connectivity index (χ3v) is 4.27. The van der Waals surface area contributed by atoms with Gasteiger partial charge in [-0.05, 0) is 25.3 Å². The van der Waals surface area contributed by atoms with E-state index < -0.39 is 6.04 Å².